The Labute approximate surface area is 162 Å². The molecule has 0 bridgehead atoms. The highest BCUT2D eigenvalue weighted by Gasteiger charge is 2.33. The molecule has 0 spiro atoms. The SMILES string of the molecule is CC(C)(C)n1nc(C2CC2)cc1C(=O)N1CCCN(C[C@@H]2CCCO2)CC1. The lowest BCUT2D eigenvalue weighted by Gasteiger charge is -2.26. The van der Waals surface area contributed by atoms with Gasteiger partial charge in [0.15, 0.2) is 0 Å². The van der Waals surface area contributed by atoms with Gasteiger partial charge < -0.3 is 9.64 Å². The molecule has 2 saturated heterocycles. The molecule has 3 heterocycles. The fourth-order valence-corrected chi connectivity index (χ4v) is 4.24. The summed E-state index contributed by atoms with van der Waals surface area (Å²) in [6, 6.07) is 2.06. The first-order chi connectivity index (χ1) is 12.9. The molecule has 1 aliphatic carbocycles. The molecule has 1 atom stereocenters. The number of carbonyl (C=O) groups is 1. The Morgan fingerprint density at radius 2 is 1.96 bits per heavy atom. The first-order valence-corrected chi connectivity index (χ1v) is 10.7. The summed E-state index contributed by atoms with van der Waals surface area (Å²) in [7, 11) is 0. The van der Waals surface area contributed by atoms with E-state index in [4.69, 9.17) is 9.84 Å². The Hall–Kier alpha value is -1.40. The quantitative estimate of drug-likeness (QED) is 0.813. The third-order valence-electron chi connectivity index (χ3n) is 5.94. The van der Waals surface area contributed by atoms with Gasteiger partial charge in [-0.1, -0.05) is 0 Å². The van der Waals surface area contributed by atoms with Crippen molar-refractivity contribution >= 4 is 5.91 Å². The van der Waals surface area contributed by atoms with Crippen LogP contribution in [-0.4, -0.2) is 70.9 Å². The van der Waals surface area contributed by atoms with Gasteiger partial charge in [0, 0.05) is 38.7 Å². The summed E-state index contributed by atoms with van der Waals surface area (Å²) in [5.74, 6) is 0.703. The van der Waals surface area contributed by atoms with Crippen LogP contribution in [0.25, 0.3) is 0 Å². The van der Waals surface area contributed by atoms with Crippen molar-refractivity contribution in [3.63, 3.8) is 0 Å². The van der Waals surface area contributed by atoms with E-state index in [1.54, 1.807) is 0 Å². The van der Waals surface area contributed by atoms with Crippen molar-refractivity contribution in [3.05, 3.63) is 17.5 Å². The fourth-order valence-electron chi connectivity index (χ4n) is 4.24. The zero-order valence-corrected chi connectivity index (χ0v) is 17.1. The smallest absolute Gasteiger partial charge is 0.272 e. The summed E-state index contributed by atoms with van der Waals surface area (Å²) < 4.78 is 7.75. The molecule has 3 fully saturated rings. The number of carbonyl (C=O) groups excluding carboxylic acids is 1. The van der Waals surface area contributed by atoms with Crippen molar-refractivity contribution < 1.29 is 9.53 Å². The van der Waals surface area contributed by atoms with Crippen LogP contribution in [0.4, 0.5) is 0 Å². The number of hydrogen-bond donors (Lipinski definition) is 0. The maximum Gasteiger partial charge on any atom is 0.272 e. The molecule has 1 saturated carbocycles. The van der Waals surface area contributed by atoms with Gasteiger partial charge in [0.2, 0.25) is 0 Å². The summed E-state index contributed by atoms with van der Waals surface area (Å²) in [4.78, 5) is 17.9. The van der Waals surface area contributed by atoms with Crippen molar-refractivity contribution in [2.24, 2.45) is 0 Å². The minimum atomic E-state index is -0.185. The first kappa shape index (κ1) is 18.9. The maximum atomic E-state index is 13.3. The Balaban J connectivity index is 1.44. The van der Waals surface area contributed by atoms with Gasteiger partial charge in [0.05, 0.1) is 17.3 Å². The molecule has 27 heavy (non-hydrogen) atoms. The molecule has 1 aromatic heterocycles. The summed E-state index contributed by atoms with van der Waals surface area (Å²) in [6.45, 7) is 11.9. The molecule has 1 aromatic rings. The molecule has 6 heteroatoms. The van der Waals surface area contributed by atoms with Crippen LogP contribution >= 0.6 is 0 Å². The molecule has 3 aliphatic rings. The third-order valence-corrected chi connectivity index (χ3v) is 5.94. The third kappa shape index (κ3) is 4.37. The van der Waals surface area contributed by atoms with Crippen molar-refractivity contribution in [1.29, 1.82) is 0 Å². The molecule has 0 radical (unpaired) electrons. The normalized spacial score (nSPS) is 25.0. The van der Waals surface area contributed by atoms with Gasteiger partial charge >= 0.3 is 0 Å². The highest BCUT2D eigenvalue weighted by Crippen LogP contribution is 2.40. The van der Waals surface area contributed by atoms with Crippen molar-refractivity contribution in [2.45, 2.75) is 70.4 Å². The van der Waals surface area contributed by atoms with E-state index in [1.807, 2.05) is 9.58 Å². The van der Waals surface area contributed by atoms with Crippen LogP contribution in [0.3, 0.4) is 0 Å². The Morgan fingerprint density at radius 1 is 1.15 bits per heavy atom. The van der Waals surface area contributed by atoms with Gasteiger partial charge in [-0.3, -0.25) is 14.4 Å². The number of ether oxygens (including phenoxy) is 1. The van der Waals surface area contributed by atoms with E-state index in [0.717, 1.165) is 57.1 Å². The lowest BCUT2D eigenvalue weighted by atomic mass is 10.1. The summed E-state index contributed by atoms with van der Waals surface area (Å²) in [6.07, 6.45) is 6.18. The molecule has 1 amide bonds. The molecular formula is C21H34N4O2. The summed E-state index contributed by atoms with van der Waals surface area (Å²) in [5.41, 5.74) is 1.68. The van der Waals surface area contributed by atoms with Gasteiger partial charge in [-0.15, -0.1) is 0 Å². The zero-order chi connectivity index (χ0) is 19.0. The van der Waals surface area contributed by atoms with Crippen LogP contribution in [0.5, 0.6) is 0 Å². The van der Waals surface area contributed by atoms with Gasteiger partial charge in [-0.05, 0) is 65.5 Å². The van der Waals surface area contributed by atoms with E-state index in [2.05, 4.69) is 31.7 Å². The Morgan fingerprint density at radius 3 is 2.63 bits per heavy atom. The van der Waals surface area contributed by atoms with E-state index in [-0.39, 0.29) is 11.4 Å². The van der Waals surface area contributed by atoms with Crippen molar-refractivity contribution in [1.82, 2.24) is 19.6 Å². The molecule has 6 nitrogen and oxygen atoms in total. The first-order valence-electron chi connectivity index (χ1n) is 10.7. The largest absolute Gasteiger partial charge is 0.377 e. The number of aromatic nitrogens is 2. The van der Waals surface area contributed by atoms with Crippen LogP contribution in [0.15, 0.2) is 6.07 Å². The second-order valence-corrected chi connectivity index (χ2v) is 9.39. The monoisotopic (exact) mass is 374 g/mol. The van der Waals surface area contributed by atoms with E-state index < -0.39 is 0 Å². The van der Waals surface area contributed by atoms with Gasteiger partial charge in [-0.25, -0.2) is 0 Å². The molecule has 150 valence electrons. The van der Waals surface area contributed by atoms with E-state index >= 15 is 0 Å². The summed E-state index contributed by atoms with van der Waals surface area (Å²) in [5, 5.41) is 4.81. The Bertz CT molecular complexity index is 668. The standard InChI is InChI=1S/C21H34N4O2/c1-21(2,3)25-19(14-18(22-25)16-7-8-16)20(26)24-10-5-9-23(11-12-24)15-17-6-4-13-27-17/h14,16-17H,4-13,15H2,1-3H3/t17-/m0/s1. The molecule has 0 aromatic carbocycles. The van der Waals surface area contributed by atoms with Crippen molar-refractivity contribution in [3.8, 4) is 0 Å². The van der Waals surface area contributed by atoms with Gasteiger partial charge in [0.1, 0.15) is 5.69 Å². The predicted molar refractivity (Wildman–Crippen MR) is 105 cm³/mol. The molecule has 4 rings (SSSR count). The van der Waals surface area contributed by atoms with Crippen LogP contribution in [0.2, 0.25) is 0 Å². The molecule has 2 aliphatic heterocycles. The Kier molecular flexibility index (Phi) is 5.30. The number of hydrogen-bond acceptors (Lipinski definition) is 4. The van der Waals surface area contributed by atoms with Gasteiger partial charge in [-0.2, -0.15) is 5.10 Å². The fraction of sp³-hybridized carbons (Fsp3) is 0.810. The minimum absolute atomic E-state index is 0.142. The second-order valence-electron chi connectivity index (χ2n) is 9.39. The minimum Gasteiger partial charge on any atom is -0.377 e. The van der Waals surface area contributed by atoms with Gasteiger partial charge in [0.25, 0.3) is 5.91 Å². The van der Waals surface area contributed by atoms with Crippen molar-refractivity contribution in [2.75, 3.05) is 39.3 Å². The zero-order valence-electron chi connectivity index (χ0n) is 17.1. The van der Waals surface area contributed by atoms with Crippen LogP contribution in [-0.2, 0) is 10.3 Å². The lowest BCUT2D eigenvalue weighted by molar-refractivity contribution is 0.0694. The highest BCUT2D eigenvalue weighted by molar-refractivity contribution is 5.93. The topological polar surface area (TPSA) is 50.6 Å². The average molecular weight is 375 g/mol. The van der Waals surface area contributed by atoms with Crippen LogP contribution in [0, 0.1) is 0 Å². The number of nitrogens with zero attached hydrogens (tertiary/aromatic N) is 4. The average Bonchev–Trinajstić information content (AvgIpc) is 3.23. The second kappa shape index (κ2) is 7.55. The predicted octanol–water partition coefficient (Wildman–Crippen LogP) is 2.84. The van der Waals surface area contributed by atoms with E-state index in [1.165, 1.54) is 25.7 Å². The van der Waals surface area contributed by atoms with Crippen LogP contribution < -0.4 is 0 Å². The summed E-state index contributed by atoms with van der Waals surface area (Å²) >= 11 is 0. The lowest BCUT2D eigenvalue weighted by Crippen LogP contribution is -2.39. The molecule has 0 N–H and O–H groups in total. The molecule has 0 unspecified atom stereocenters. The van der Waals surface area contributed by atoms with E-state index in [0.29, 0.717) is 12.0 Å². The number of rotatable bonds is 4. The van der Waals surface area contributed by atoms with E-state index in [9.17, 15) is 4.79 Å². The van der Waals surface area contributed by atoms with Crippen LogP contribution in [0.1, 0.15) is 75.0 Å². The highest BCUT2D eigenvalue weighted by atomic mass is 16.5. The maximum absolute atomic E-state index is 13.3. The number of amides is 1. The molecular weight excluding hydrogens is 340 g/mol.